The standard InChI is InChI=1S/C32H36N2O6/c1-18-25(15-33-16-27(35)40-32(4,5)6)19(2)29(20(3)28(18)30(36)37)34-31(38)39-17-26-23-13-9-7-11-21(23)22-12-8-10-14-24(22)26/h7-14,26,33H,15-17H2,1-6H3,(H,34,38)(H,36,37). The summed E-state index contributed by atoms with van der Waals surface area (Å²) in [5.41, 5.74) is 6.73. The van der Waals surface area contributed by atoms with Crippen LogP contribution in [-0.4, -0.2) is 41.9 Å². The summed E-state index contributed by atoms with van der Waals surface area (Å²) in [6.45, 7) is 10.9. The Morgan fingerprint density at radius 1 is 0.875 bits per heavy atom. The minimum absolute atomic E-state index is 0.0401. The van der Waals surface area contributed by atoms with Gasteiger partial charge in [0.05, 0.1) is 17.8 Å². The average Bonchev–Trinajstić information content (AvgIpc) is 3.20. The van der Waals surface area contributed by atoms with Crippen molar-refractivity contribution in [3.8, 4) is 11.1 Å². The lowest BCUT2D eigenvalue weighted by Crippen LogP contribution is -2.31. The Balaban J connectivity index is 1.52. The van der Waals surface area contributed by atoms with Crippen molar-refractivity contribution in [2.45, 2.75) is 59.6 Å². The number of esters is 1. The van der Waals surface area contributed by atoms with Gasteiger partial charge in [0, 0.05) is 12.5 Å². The number of carboxylic acid groups (broad SMARTS) is 1. The van der Waals surface area contributed by atoms with Crippen molar-refractivity contribution < 1.29 is 29.0 Å². The summed E-state index contributed by atoms with van der Waals surface area (Å²) in [6, 6.07) is 16.2. The Bertz CT molecular complexity index is 1430. The van der Waals surface area contributed by atoms with E-state index in [1.54, 1.807) is 34.6 Å². The monoisotopic (exact) mass is 544 g/mol. The van der Waals surface area contributed by atoms with Crippen molar-refractivity contribution >= 4 is 23.7 Å². The summed E-state index contributed by atoms with van der Waals surface area (Å²) in [5.74, 6) is -1.61. The lowest BCUT2D eigenvalue weighted by molar-refractivity contribution is -0.153. The van der Waals surface area contributed by atoms with Gasteiger partial charge in [-0.15, -0.1) is 0 Å². The number of hydrogen-bond donors (Lipinski definition) is 3. The largest absolute Gasteiger partial charge is 0.478 e. The molecule has 1 aliphatic rings. The van der Waals surface area contributed by atoms with Crippen molar-refractivity contribution in [1.82, 2.24) is 5.32 Å². The number of carbonyl (C=O) groups is 3. The molecular formula is C32H36N2O6. The van der Waals surface area contributed by atoms with E-state index in [9.17, 15) is 19.5 Å². The van der Waals surface area contributed by atoms with E-state index in [4.69, 9.17) is 9.47 Å². The van der Waals surface area contributed by atoms with Crippen LogP contribution in [0.15, 0.2) is 48.5 Å². The molecule has 40 heavy (non-hydrogen) atoms. The third kappa shape index (κ3) is 6.02. The first-order valence-electron chi connectivity index (χ1n) is 13.3. The Kier molecular flexibility index (Phi) is 8.30. The van der Waals surface area contributed by atoms with Crippen LogP contribution in [0.3, 0.4) is 0 Å². The van der Waals surface area contributed by atoms with E-state index in [2.05, 4.69) is 22.8 Å². The van der Waals surface area contributed by atoms with E-state index in [0.717, 1.165) is 22.3 Å². The molecule has 3 N–H and O–H groups in total. The van der Waals surface area contributed by atoms with E-state index < -0.39 is 23.6 Å². The summed E-state index contributed by atoms with van der Waals surface area (Å²) in [4.78, 5) is 37.4. The minimum Gasteiger partial charge on any atom is -0.478 e. The first-order chi connectivity index (χ1) is 18.9. The number of anilines is 1. The van der Waals surface area contributed by atoms with E-state index >= 15 is 0 Å². The Hall–Kier alpha value is -4.17. The molecule has 0 bridgehead atoms. The van der Waals surface area contributed by atoms with Gasteiger partial charge in [-0.25, -0.2) is 9.59 Å². The Labute approximate surface area is 234 Å². The highest BCUT2D eigenvalue weighted by molar-refractivity contribution is 5.97. The second-order valence-corrected chi connectivity index (χ2v) is 11.0. The molecule has 0 atom stereocenters. The molecular weight excluding hydrogens is 508 g/mol. The molecule has 0 aliphatic heterocycles. The van der Waals surface area contributed by atoms with Crippen LogP contribution in [-0.2, 0) is 20.8 Å². The molecule has 1 aliphatic carbocycles. The molecule has 210 valence electrons. The van der Waals surface area contributed by atoms with Gasteiger partial charge in [-0.2, -0.15) is 0 Å². The number of fused-ring (bicyclic) bond motifs is 3. The number of ether oxygens (including phenoxy) is 2. The van der Waals surface area contributed by atoms with Crippen LogP contribution < -0.4 is 10.6 Å². The Morgan fingerprint density at radius 3 is 2.00 bits per heavy atom. The molecule has 0 radical (unpaired) electrons. The second-order valence-electron chi connectivity index (χ2n) is 11.0. The van der Waals surface area contributed by atoms with Crippen molar-refractivity contribution in [3.63, 3.8) is 0 Å². The predicted molar refractivity (Wildman–Crippen MR) is 154 cm³/mol. The normalized spacial score (nSPS) is 12.4. The smallest absolute Gasteiger partial charge is 0.411 e. The maximum absolute atomic E-state index is 13.1. The van der Waals surface area contributed by atoms with E-state index in [-0.39, 0.29) is 31.2 Å². The molecule has 4 rings (SSSR count). The van der Waals surface area contributed by atoms with Crippen molar-refractivity contribution in [2.75, 3.05) is 18.5 Å². The minimum atomic E-state index is -1.10. The zero-order valence-electron chi connectivity index (χ0n) is 23.8. The first-order valence-corrected chi connectivity index (χ1v) is 13.3. The van der Waals surface area contributed by atoms with E-state index in [1.165, 1.54) is 0 Å². The summed E-state index contributed by atoms with van der Waals surface area (Å²) in [5, 5.41) is 15.8. The summed E-state index contributed by atoms with van der Waals surface area (Å²) in [6.07, 6.45) is -0.666. The molecule has 0 heterocycles. The zero-order chi connectivity index (χ0) is 29.2. The van der Waals surface area contributed by atoms with Crippen LogP contribution in [0.25, 0.3) is 11.1 Å². The summed E-state index contributed by atoms with van der Waals surface area (Å²) in [7, 11) is 0. The number of aromatic carboxylic acids is 1. The molecule has 0 spiro atoms. The molecule has 3 aromatic carbocycles. The predicted octanol–water partition coefficient (Wildman–Crippen LogP) is 6.10. The van der Waals surface area contributed by atoms with Gasteiger partial charge >= 0.3 is 18.0 Å². The molecule has 0 saturated carbocycles. The van der Waals surface area contributed by atoms with Gasteiger partial charge in [0.15, 0.2) is 0 Å². The quantitative estimate of drug-likeness (QED) is 0.294. The SMILES string of the molecule is Cc1c(CNCC(=O)OC(C)(C)C)c(C)c(C(=O)O)c(C)c1NC(=O)OCC1c2ccccc2-c2ccccc21. The third-order valence-corrected chi connectivity index (χ3v) is 7.18. The topological polar surface area (TPSA) is 114 Å². The second kappa shape index (κ2) is 11.5. The van der Waals surface area contributed by atoms with Gasteiger partial charge in [0.25, 0.3) is 0 Å². The number of amides is 1. The fourth-order valence-corrected chi connectivity index (χ4v) is 5.45. The van der Waals surface area contributed by atoms with Crippen LogP contribution in [0.1, 0.15) is 70.4 Å². The molecule has 0 saturated heterocycles. The lowest BCUT2D eigenvalue weighted by atomic mass is 9.91. The highest BCUT2D eigenvalue weighted by Gasteiger charge is 2.29. The van der Waals surface area contributed by atoms with Gasteiger partial charge in [0.1, 0.15) is 12.2 Å². The van der Waals surface area contributed by atoms with Gasteiger partial charge in [-0.1, -0.05) is 48.5 Å². The fourth-order valence-electron chi connectivity index (χ4n) is 5.45. The van der Waals surface area contributed by atoms with Crippen LogP contribution in [0.4, 0.5) is 10.5 Å². The van der Waals surface area contributed by atoms with Crippen LogP contribution >= 0.6 is 0 Å². The van der Waals surface area contributed by atoms with Crippen molar-refractivity contribution in [1.29, 1.82) is 0 Å². The molecule has 1 amide bonds. The van der Waals surface area contributed by atoms with Crippen LogP contribution in [0.5, 0.6) is 0 Å². The Morgan fingerprint density at radius 2 is 1.45 bits per heavy atom. The maximum Gasteiger partial charge on any atom is 0.411 e. The summed E-state index contributed by atoms with van der Waals surface area (Å²) >= 11 is 0. The number of carbonyl (C=O) groups excluding carboxylic acids is 2. The highest BCUT2D eigenvalue weighted by atomic mass is 16.6. The molecule has 0 aromatic heterocycles. The van der Waals surface area contributed by atoms with E-state index in [1.807, 2.05) is 43.3 Å². The zero-order valence-corrected chi connectivity index (χ0v) is 23.8. The fraction of sp³-hybridized carbons (Fsp3) is 0.344. The molecule has 3 aromatic rings. The van der Waals surface area contributed by atoms with Gasteiger partial charge in [-0.3, -0.25) is 10.1 Å². The number of benzene rings is 3. The van der Waals surface area contributed by atoms with Gasteiger partial charge < -0.3 is 19.9 Å². The maximum atomic E-state index is 13.1. The third-order valence-electron chi connectivity index (χ3n) is 7.18. The first kappa shape index (κ1) is 28.8. The number of rotatable bonds is 8. The molecule has 8 nitrogen and oxygen atoms in total. The van der Waals surface area contributed by atoms with Crippen LogP contribution in [0.2, 0.25) is 0 Å². The van der Waals surface area contributed by atoms with Crippen molar-refractivity contribution in [2.24, 2.45) is 0 Å². The van der Waals surface area contributed by atoms with Crippen molar-refractivity contribution in [3.05, 3.63) is 87.5 Å². The molecule has 0 fully saturated rings. The lowest BCUT2D eigenvalue weighted by Gasteiger charge is -2.22. The van der Waals surface area contributed by atoms with Gasteiger partial charge in [-0.05, 0) is 86.1 Å². The summed E-state index contributed by atoms with van der Waals surface area (Å²) < 4.78 is 11.0. The number of carboxylic acids is 1. The molecule has 0 unspecified atom stereocenters. The number of nitrogens with one attached hydrogen (secondary N) is 2. The average molecular weight is 545 g/mol. The highest BCUT2D eigenvalue weighted by Crippen LogP contribution is 2.44. The van der Waals surface area contributed by atoms with Gasteiger partial charge in [0.2, 0.25) is 0 Å². The van der Waals surface area contributed by atoms with Crippen LogP contribution in [0, 0.1) is 20.8 Å². The molecule has 8 heteroatoms. The number of hydrogen-bond acceptors (Lipinski definition) is 6. The van der Waals surface area contributed by atoms with E-state index in [0.29, 0.717) is 27.9 Å².